The largest absolute Gasteiger partial charge is 0.417 e. The second kappa shape index (κ2) is 6.16. The van der Waals surface area contributed by atoms with Gasteiger partial charge in [-0.05, 0) is 6.07 Å². The van der Waals surface area contributed by atoms with Crippen LogP contribution in [0.5, 0.6) is 0 Å². The molecule has 1 amide bonds. The van der Waals surface area contributed by atoms with E-state index in [0.29, 0.717) is 0 Å². The van der Waals surface area contributed by atoms with Crippen LogP contribution in [0.2, 0.25) is 5.02 Å². The summed E-state index contributed by atoms with van der Waals surface area (Å²) in [6.07, 6.45) is -1.18. The van der Waals surface area contributed by atoms with Crippen LogP contribution in [0.25, 0.3) is 5.65 Å². The molecule has 0 bridgehead atoms. The van der Waals surface area contributed by atoms with Crippen LogP contribution in [0.3, 0.4) is 0 Å². The minimum absolute atomic E-state index is 0.0398. The zero-order valence-electron chi connectivity index (χ0n) is 12.3. The lowest BCUT2D eigenvalue weighted by molar-refractivity contribution is -0.137. The van der Waals surface area contributed by atoms with E-state index in [9.17, 15) is 18.0 Å². The standard InChI is InChI=1S/C13H9ClF3N7O/c14-7-3-6(13(15,16)17)5-24-8(22-23-11(7)24)4-21-12(25)9-10(18)20-2-1-19-9/h1-3,5H,4H2,(H2,18,20)(H,21,25). The van der Waals surface area contributed by atoms with Crippen LogP contribution < -0.4 is 11.1 Å². The van der Waals surface area contributed by atoms with Crippen LogP contribution in [-0.4, -0.2) is 30.5 Å². The zero-order chi connectivity index (χ0) is 18.2. The summed E-state index contributed by atoms with van der Waals surface area (Å²) in [5.74, 6) is -0.673. The highest BCUT2D eigenvalue weighted by atomic mass is 35.5. The van der Waals surface area contributed by atoms with E-state index in [1.807, 2.05) is 0 Å². The quantitative estimate of drug-likeness (QED) is 0.725. The first-order valence-electron chi connectivity index (χ1n) is 6.72. The van der Waals surface area contributed by atoms with Gasteiger partial charge in [-0.3, -0.25) is 9.20 Å². The van der Waals surface area contributed by atoms with Crippen molar-refractivity contribution in [2.45, 2.75) is 12.7 Å². The van der Waals surface area contributed by atoms with Crippen molar-refractivity contribution < 1.29 is 18.0 Å². The van der Waals surface area contributed by atoms with Crippen molar-refractivity contribution in [1.29, 1.82) is 0 Å². The van der Waals surface area contributed by atoms with Crippen molar-refractivity contribution in [3.8, 4) is 0 Å². The third kappa shape index (κ3) is 3.31. The smallest absolute Gasteiger partial charge is 0.382 e. The fourth-order valence-corrected chi connectivity index (χ4v) is 2.29. The number of nitrogen functional groups attached to an aromatic ring is 1. The predicted molar refractivity (Wildman–Crippen MR) is 80.6 cm³/mol. The van der Waals surface area contributed by atoms with Crippen molar-refractivity contribution in [3.05, 3.63) is 46.8 Å². The average molecular weight is 372 g/mol. The maximum atomic E-state index is 12.9. The average Bonchev–Trinajstić information content (AvgIpc) is 2.96. The number of aromatic nitrogens is 5. The molecule has 0 aromatic carbocycles. The van der Waals surface area contributed by atoms with Crippen molar-refractivity contribution >= 4 is 29.0 Å². The lowest BCUT2D eigenvalue weighted by Gasteiger charge is -2.09. The molecule has 0 aliphatic heterocycles. The molecule has 0 unspecified atom stereocenters. The van der Waals surface area contributed by atoms with Gasteiger partial charge in [-0.1, -0.05) is 11.6 Å². The summed E-state index contributed by atoms with van der Waals surface area (Å²) in [6.45, 7) is -0.215. The second-order valence-electron chi connectivity index (χ2n) is 4.86. The molecule has 130 valence electrons. The molecule has 3 heterocycles. The first-order chi connectivity index (χ1) is 11.8. The van der Waals surface area contributed by atoms with Gasteiger partial charge in [0.1, 0.15) is 0 Å². The van der Waals surface area contributed by atoms with E-state index in [4.69, 9.17) is 17.3 Å². The molecule has 3 aromatic rings. The van der Waals surface area contributed by atoms with Crippen molar-refractivity contribution in [2.24, 2.45) is 0 Å². The third-order valence-corrected chi connectivity index (χ3v) is 3.48. The zero-order valence-corrected chi connectivity index (χ0v) is 13.0. The molecule has 0 atom stereocenters. The Kier molecular flexibility index (Phi) is 4.17. The number of nitrogens with one attached hydrogen (secondary N) is 1. The molecule has 0 aliphatic carbocycles. The van der Waals surface area contributed by atoms with Gasteiger partial charge in [-0.15, -0.1) is 10.2 Å². The Morgan fingerprint density at radius 1 is 1.28 bits per heavy atom. The van der Waals surface area contributed by atoms with E-state index < -0.39 is 17.6 Å². The lowest BCUT2D eigenvalue weighted by atomic mass is 10.2. The van der Waals surface area contributed by atoms with Gasteiger partial charge in [0.2, 0.25) is 0 Å². The molecular formula is C13H9ClF3N7O. The summed E-state index contributed by atoms with van der Waals surface area (Å²) < 4.78 is 39.8. The Bertz CT molecular complexity index is 956. The third-order valence-electron chi connectivity index (χ3n) is 3.21. The number of hydrogen-bond acceptors (Lipinski definition) is 6. The number of nitrogens with two attached hydrogens (primary N) is 1. The number of halogens is 4. The molecule has 3 N–H and O–H groups in total. The van der Waals surface area contributed by atoms with Crippen LogP contribution in [0, 0.1) is 0 Å². The summed E-state index contributed by atoms with van der Waals surface area (Å²) >= 11 is 5.82. The topological polar surface area (TPSA) is 111 Å². The number of pyridine rings is 1. The Balaban J connectivity index is 1.88. The number of alkyl halides is 3. The van der Waals surface area contributed by atoms with Gasteiger partial charge in [0.15, 0.2) is 23.0 Å². The van der Waals surface area contributed by atoms with Gasteiger partial charge in [-0.25, -0.2) is 9.97 Å². The van der Waals surface area contributed by atoms with E-state index in [-0.39, 0.29) is 34.6 Å². The van der Waals surface area contributed by atoms with Gasteiger partial charge < -0.3 is 11.1 Å². The van der Waals surface area contributed by atoms with Crippen LogP contribution in [0.15, 0.2) is 24.7 Å². The Morgan fingerprint density at radius 2 is 2.00 bits per heavy atom. The molecular weight excluding hydrogens is 363 g/mol. The summed E-state index contributed by atoms with van der Waals surface area (Å²) in [5, 5.41) is 9.70. The number of carbonyl (C=O) groups excluding carboxylic acids is 1. The summed E-state index contributed by atoms with van der Waals surface area (Å²) in [4.78, 5) is 19.5. The van der Waals surface area contributed by atoms with E-state index in [1.54, 1.807) is 0 Å². The van der Waals surface area contributed by atoms with Crippen LogP contribution in [-0.2, 0) is 12.7 Å². The predicted octanol–water partition coefficient (Wildman–Crippen LogP) is 1.70. The Morgan fingerprint density at radius 3 is 2.68 bits per heavy atom. The summed E-state index contributed by atoms with van der Waals surface area (Å²) in [7, 11) is 0. The SMILES string of the molecule is Nc1nccnc1C(=O)NCc1nnc2c(Cl)cc(C(F)(F)F)cn12. The first kappa shape index (κ1) is 16.9. The van der Waals surface area contributed by atoms with Crippen molar-refractivity contribution in [1.82, 2.24) is 29.9 Å². The van der Waals surface area contributed by atoms with E-state index in [1.165, 1.54) is 12.4 Å². The van der Waals surface area contributed by atoms with Gasteiger partial charge >= 0.3 is 6.18 Å². The van der Waals surface area contributed by atoms with Crippen molar-refractivity contribution in [3.63, 3.8) is 0 Å². The molecule has 3 rings (SSSR count). The summed E-state index contributed by atoms with van der Waals surface area (Å²) in [6, 6.07) is 0.758. The number of rotatable bonds is 3. The maximum absolute atomic E-state index is 12.9. The van der Waals surface area contributed by atoms with E-state index >= 15 is 0 Å². The van der Waals surface area contributed by atoms with Gasteiger partial charge in [0.05, 0.1) is 17.1 Å². The molecule has 0 saturated carbocycles. The highest BCUT2D eigenvalue weighted by molar-refractivity contribution is 6.33. The summed E-state index contributed by atoms with van der Waals surface area (Å²) in [5.41, 5.74) is 4.51. The van der Waals surface area contributed by atoms with Crippen molar-refractivity contribution in [2.75, 3.05) is 5.73 Å². The van der Waals surface area contributed by atoms with Gasteiger partial charge in [-0.2, -0.15) is 13.2 Å². The maximum Gasteiger partial charge on any atom is 0.417 e. The molecule has 0 spiro atoms. The number of fused-ring (bicyclic) bond motifs is 1. The Hall–Kier alpha value is -2.95. The van der Waals surface area contributed by atoms with Crippen LogP contribution in [0.1, 0.15) is 21.9 Å². The molecule has 0 saturated heterocycles. The molecule has 8 nitrogen and oxygen atoms in total. The molecule has 0 aliphatic rings. The highest BCUT2D eigenvalue weighted by Crippen LogP contribution is 2.32. The number of anilines is 1. The number of carbonyl (C=O) groups is 1. The van der Waals surface area contributed by atoms with Crippen LogP contribution >= 0.6 is 11.6 Å². The monoisotopic (exact) mass is 371 g/mol. The number of hydrogen-bond donors (Lipinski definition) is 2. The normalized spacial score (nSPS) is 11.7. The van der Waals surface area contributed by atoms with Gasteiger partial charge in [0.25, 0.3) is 5.91 Å². The molecule has 3 aromatic heterocycles. The molecule has 0 fully saturated rings. The van der Waals surface area contributed by atoms with Crippen LogP contribution in [0.4, 0.5) is 19.0 Å². The highest BCUT2D eigenvalue weighted by Gasteiger charge is 2.32. The minimum atomic E-state index is -4.59. The first-order valence-corrected chi connectivity index (χ1v) is 7.10. The fraction of sp³-hybridized carbons (Fsp3) is 0.154. The van der Waals surface area contributed by atoms with Gasteiger partial charge in [0, 0.05) is 18.6 Å². The van der Waals surface area contributed by atoms with E-state index in [2.05, 4.69) is 25.5 Å². The Labute approximate surface area is 142 Å². The molecule has 12 heteroatoms. The minimum Gasteiger partial charge on any atom is -0.382 e. The second-order valence-corrected chi connectivity index (χ2v) is 5.26. The number of nitrogens with zero attached hydrogens (tertiary/aromatic N) is 5. The molecule has 0 radical (unpaired) electrons. The van der Waals surface area contributed by atoms with E-state index in [0.717, 1.165) is 16.7 Å². The lowest BCUT2D eigenvalue weighted by Crippen LogP contribution is -2.26. The fourth-order valence-electron chi connectivity index (χ4n) is 2.04. The number of amides is 1. The molecule has 25 heavy (non-hydrogen) atoms.